The van der Waals surface area contributed by atoms with Gasteiger partial charge in [-0.15, -0.1) is 0 Å². The van der Waals surface area contributed by atoms with Crippen molar-refractivity contribution in [3.8, 4) is 0 Å². The van der Waals surface area contributed by atoms with Crippen LogP contribution in [0, 0.1) is 13.3 Å². The molecule has 0 N–H and O–H groups in total. The third-order valence-corrected chi connectivity index (χ3v) is 1.76. The molecular formula is C12H26Mg. The SMILES string of the molecule is C[CH-]CC.[CH2-]CCCCCCC.[Mg+2]. The van der Waals surface area contributed by atoms with Crippen molar-refractivity contribution < 1.29 is 0 Å². The largest absolute Gasteiger partial charge is 2.00 e. The van der Waals surface area contributed by atoms with Crippen molar-refractivity contribution in [2.24, 2.45) is 0 Å². The van der Waals surface area contributed by atoms with Gasteiger partial charge in [0.15, 0.2) is 0 Å². The molecule has 0 aliphatic carbocycles. The predicted molar refractivity (Wildman–Crippen MR) is 64.8 cm³/mol. The first-order valence-electron chi connectivity index (χ1n) is 5.40. The van der Waals surface area contributed by atoms with Gasteiger partial charge in [0.1, 0.15) is 0 Å². The molecule has 0 unspecified atom stereocenters. The Balaban J connectivity index is -0.000000173. The Morgan fingerprint density at radius 1 is 1.00 bits per heavy atom. The van der Waals surface area contributed by atoms with E-state index in [4.69, 9.17) is 0 Å². The summed E-state index contributed by atoms with van der Waals surface area (Å²) < 4.78 is 0. The zero-order valence-electron chi connectivity index (χ0n) is 9.94. The quantitative estimate of drug-likeness (QED) is 0.334. The minimum Gasteiger partial charge on any atom is -0.343 e. The molecule has 0 aromatic heterocycles. The van der Waals surface area contributed by atoms with Gasteiger partial charge in [0.25, 0.3) is 0 Å². The van der Waals surface area contributed by atoms with Crippen LogP contribution in [0.5, 0.6) is 0 Å². The zero-order chi connectivity index (χ0) is 9.66. The van der Waals surface area contributed by atoms with Gasteiger partial charge in [-0.2, -0.15) is 19.8 Å². The van der Waals surface area contributed by atoms with Crippen LogP contribution in [-0.2, 0) is 0 Å². The molecule has 0 amide bonds. The third kappa shape index (κ3) is 32.3. The minimum absolute atomic E-state index is 0. The maximum atomic E-state index is 3.78. The van der Waals surface area contributed by atoms with Crippen molar-refractivity contribution in [1.82, 2.24) is 0 Å². The van der Waals surface area contributed by atoms with Crippen molar-refractivity contribution in [1.29, 1.82) is 0 Å². The summed E-state index contributed by atoms with van der Waals surface area (Å²) >= 11 is 0. The molecule has 0 heterocycles. The number of rotatable bonds is 6. The Morgan fingerprint density at radius 3 is 1.77 bits per heavy atom. The van der Waals surface area contributed by atoms with E-state index in [0.29, 0.717) is 0 Å². The van der Waals surface area contributed by atoms with Crippen LogP contribution in [0.25, 0.3) is 0 Å². The van der Waals surface area contributed by atoms with Crippen molar-refractivity contribution >= 4 is 23.1 Å². The van der Waals surface area contributed by atoms with Crippen LogP contribution < -0.4 is 0 Å². The molecule has 0 radical (unpaired) electrons. The van der Waals surface area contributed by atoms with Gasteiger partial charge in [-0.3, -0.25) is 0 Å². The molecule has 76 valence electrons. The second kappa shape index (κ2) is 23.0. The first kappa shape index (κ1) is 19.4. The summed E-state index contributed by atoms with van der Waals surface area (Å²) in [6.45, 7) is 10.2. The van der Waals surface area contributed by atoms with E-state index in [-0.39, 0.29) is 23.1 Å². The number of unbranched alkanes of at least 4 members (excludes halogenated alkanes) is 6. The fourth-order valence-electron chi connectivity index (χ4n) is 0.780. The molecule has 0 spiro atoms. The Morgan fingerprint density at radius 2 is 1.46 bits per heavy atom. The first-order valence-corrected chi connectivity index (χ1v) is 5.40. The Hall–Kier alpha value is 0.766. The van der Waals surface area contributed by atoms with Crippen molar-refractivity contribution in [2.45, 2.75) is 65.7 Å². The van der Waals surface area contributed by atoms with Crippen LogP contribution in [0.4, 0.5) is 0 Å². The molecule has 0 aliphatic heterocycles. The summed E-state index contributed by atoms with van der Waals surface area (Å²) in [5.41, 5.74) is 0. The average molecular weight is 195 g/mol. The summed E-state index contributed by atoms with van der Waals surface area (Å²) in [5, 5.41) is 0. The first-order chi connectivity index (χ1) is 5.83. The van der Waals surface area contributed by atoms with Crippen LogP contribution in [0.15, 0.2) is 0 Å². The van der Waals surface area contributed by atoms with Gasteiger partial charge in [0, 0.05) is 0 Å². The topological polar surface area (TPSA) is 0 Å². The van der Waals surface area contributed by atoms with Crippen LogP contribution >= 0.6 is 0 Å². The summed E-state index contributed by atoms with van der Waals surface area (Å²) in [4.78, 5) is 0. The predicted octanol–water partition coefficient (Wildman–Crippen LogP) is 4.42. The summed E-state index contributed by atoms with van der Waals surface area (Å²) in [5.74, 6) is 0. The molecule has 0 bridgehead atoms. The van der Waals surface area contributed by atoms with Crippen molar-refractivity contribution in [3.63, 3.8) is 0 Å². The van der Waals surface area contributed by atoms with E-state index in [1.165, 1.54) is 38.5 Å². The molecule has 0 rings (SSSR count). The Kier molecular flexibility index (Phi) is 34.2. The van der Waals surface area contributed by atoms with E-state index >= 15 is 0 Å². The number of hydrogen-bond donors (Lipinski definition) is 0. The van der Waals surface area contributed by atoms with E-state index in [1.807, 2.05) is 0 Å². The van der Waals surface area contributed by atoms with Crippen LogP contribution in [0.2, 0.25) is 0 Å². The van der Waals surface area contributed by atoms with Gasteiger partial charge in [0.2, 0.25) is 0 Å². The van der Waals surface area contributed by atoms with Gasteiger partial charge in [-0.25, -0.2) is 0 Å². The van der Waals surface area contributed by atoms with Gasteiger partial charge < -0.3 is 13.3 Å². The summed E-state index contributed by atoms with van der Waals surface area (Å²) in [6.07, 6.45) is 11.3. The molecule has 13 heavy (non-hydrogen) atoms. The molecular weight excluding hydrogens is 168 g/mol. The maximum Gasteiger partial charge on any atom is 2.00 e. The van der Waals surface area contributed by atoms with Crippen LogP contribution in [0.1, 0.15) is 65.7 Å². The monoisotopic (exact) mass is 194 g/mol. The maximum absolute atomic E-state index is 3.78. The minimum atomic E-state index is 0. The summed E-state index contributed by atoms with van der Waals surface area (Å²) in [7, 11) is 0. The number of hydrogen-bond acceptors (Lipinski definition) is 0. The summed E-state index contributed by atoms with van der Waals surface area (Å²) in [6, 6.07) is 0. The Labute approximate surface area is 102 Å². The van der Waals surface area contributed by atoms with E-state index in [9.17, 15) is 0 Å². The van der Waals surface area contributed by atoms with E-state index in [0.717, 1.165) is 6.42 Å². The van der Waals surface area contributed by atoms with Crippen LogP contribution in [0.3, 0.4) is 0 Å². The molecule has 0 aromatic carbocycles. The molecule has 0 saturated carbocycles. The molecule has 1 heteroatoms. The fraction of sp³-hybridized carbons (Fsp3) is 0.833. The smallest absolute Gasteiger partial charge is 0.343 e. The average Bonchev–Trinajstić information content (AvgIpc) is 2.13. The second-order valence-corrected chi connectivity index (χ2v) is 3.08. The molecule has 0 fully saturated rings. The van der Waals surface area contributed by atoms with E-state index < -0.39 is 0 Å². The molecule has 0 aromatic rings. The van der Waals surface area contributed by atoms with Crippen LogP contribution in [-0.4, -0.2) is 23.1 Å². The van der Waals surface area contributed by atoms with Gasteiger partial charge in [-0.05, 0) is 0 Å². The normalized spacial score (nSPS) is 8.31. The standard InChI is InChI=1S/C8H17.C4H9.Mg/c1-3-5-7-8-6-4-2;1-3-4-2;/h1,3-8H2,2H3;3H,4H2,1-2H3;/q2*-1;+2. The molecule has 0 aliphatic rings. The van der Waals surface area contributed by atoms with E-state index in [2.05, 4.69) is 34.1 Å². The van der Waals surface area contributed by atoms with Gasteiger partial charge >= 0.3 is 23.1 Å². The zero-order valence-corrected chi connectivity index (χ0v) is 11.4. The van der Waals surface area contributed by atoms with Crippen molar-refractivity contribution in [2.75, 3.05) is 0 Å². The molecule has 0 saturated heterocycles. The fourth-order valence-corrected chi connectivity index (χ4v) is 0.780. The second-order valence-electron chi connectivity index (χ2n) is 3.08. The van der Waals surface area contributed by atoms with Crippen molar-refractivity contribution in [3.05, 3.63) is 13.3 Å². The third-order valence-electron chi connectivity index (χ3n) is 1.76. The molecule has 0 atom stereocenters. The van der Waals surface area contributed by atoms with Gasteiger partial charge in [-0.1, -0.05) is 46.0 Å². The van der Waals surface area contributed by atoms with E-state index in [1.54, 1.807) is 0 Å². The van der Waals surface area contributed by atoms with Gasteiger partial charge in [0.05, 0.1) is 0 Å². The molecule has 0 nitrogen and oxygen atoms in total. The Bertz CT molecular complexity index is 45.1.